The standard InChI is InChI=1S/C19H15ClN4O3/c1-11-6-12(20)2-4-14(11)24-19(25)15-8-18(22-9-21-15)23-13-3-5-16-17(7-13)27-10-26-16/h2-9H,10H2,1H3,(H,24,25)(H,21,22,23). The second kappa shape index (κ2) is 7.13. The molecule has 2 heterocycles. The van der Waals surface area contributed by atoms with E-state index in [2.05, 4.69) is 20.6 Å². The average molecular weight is 383 g/mol. The summed E-state index contributed by atoms with van der Waals surface area (Å²) in [6.07, 6.45) is 1.33. The fraction of sp³-hybridized carbons (Fsp3) is 0.105. The van der Waals surface area contributed by atoms with Crippen LogP contribution in [-0.2, 0) is 0 Å². The van der Waals surface area contributed by atoms with E-state index in [1.54, 1.807) is 30.3 Å². The number of aromatic nitrogens is 2. The maximum Gasteiger partial charge on any atom is 0.274 e. The summed E-state index contributed by atoms with van der Waals surface area (Å²) in [5.41, 5.74) is 2.54. The largest absolute Gasteiger partial charge is 0.454 e. The molecule has 27 heavy (non-hydrogen) atoms. The van der Waals surface area contributed by atoms with E-state index in [-0.39, 0.29) is 18.4 Å². The minimum absolute atomic E-state index is 0.209. The molecule has 1 amide bonds. The number of halogens is 1. The van der Waals surface area contributed by atoms with Gasteiger partial charge in [0.2, 0.25) is 6.79 Å². The van der Waals surface area contributed by atoms with Crippen LogP contribution < -0.4 is 20.1 Å². The van der Waals surface area contributed by atoms with Crippen LogP contribution in [-0.4, -0.2) is 22.7 Å². The zero-order valence-electron chi connectivity index (χ0n) is 14.3. The molecule has 2 N–H and O–H groups in total. The van der Waals surface area contributed by atoms with Crippen LogP contribution in [0.2, 0.25) is 5.02 Å². The number of aryl methyl sites for hydroxylation is 1. The number of rotatable bonds is 4. The summed E-state index contributed by atoms with van der Waals surface area (Å²) < 4.78 is 10.6. The second-order valence-electron chi connectivity index (χ2n) is 5.89. The zero-order chi connectivity index (χ0) is 18.8. The summed E-state index contributed by atoms with van der Waals surface area (Å²) in [4.78, 5) is 20.7. The Bertz CT molecular complexity index is 1030. The average Bonchev–Trinajstić information content (AvgIpc) is 3.12. The normalized spacial score (nSPS) is 11.9. The first-order valence-electron chi connectivity index (χ1n) is 8.15. The topological polar surface area (TPSA) is 85.4 Å². The lowest BCUT2D eigenvalue weighted by molar-refractivity contribution is 0.102. The van der Waals surface area contributed by atoms with Crippen molar-refractivity contribution in [1.29, 1.82) is 0 Å². The SMILES string of the molecule is Cc1cc(Cl)ccc1NC(=O)c1cc(Nc2ccc3c(c2)OCO3)ncn1. The first-order chi connectivity index (χ1) is 13.1. The van der Waals surface area contributed by atoms with Crippen LogP contribution in [0, 0.1) is 6.92 Å². The van der Waals surface area contributed by atoms with Crippen molar-refractivity contribution in [3.05, 3.63) is 65.1 Å². The Labute approximate surface area is 160 Å². The zero-order valence-corrected chi connectivity index (χ0v) is 15.1. The number of hydrogen-bond donors (Lipinski definition) is 2. The van der Waals surface area contributed by atoms with Crippen molar-refractivity contribution in [3.63, 3.8) is 0 Å². The van der Waals surface area contributed by atoms with E-state index in [1.165, 1.54) is 6.33 Å². The van der Waals surface area contributed by atoms with Crippen LogP contribution in [0.4, 0.5) is 17.2 Å². The van der Waals surface area contributed by atoms with Crippen molar-refractivity contribution >= 4 is 34.7 Å². The Hall–Kier alpha value is -3.32. The molecule has 1 aliphatic heterocycles. The van der Waals surface area contributed by atoms with Crippen molar-refractivity contribution in [1.82, 2.24) is 9.97 Å². The van der Waals surface area contributed by atoms with Crippen LogP contribution in [0.15, 0.2) is 48.8 Å². The summed E-state index contributed by atoms with van der Waals surface area (Å²) in [6, 6.07) is 12.3. The van der Waals surface area contributed by atoms with Gasteiger partial charge in [0, 0.05) is 28.5 Å². The van der Waals surface area contributed by atoms with E-state index in [1.807, 2.05) is 19.1 Å². The lowest BCUT2D eigenvalue weighted by Crippen LogP contribution is -2.15. The van der Waals surface area contributed by atoms with Gasteiger partial charge in [0.1, 0.15) is 17.8 Å². The highest BCUT2D eigenvalue weighted by atomic mass is 35.5. The summed E-state index contributed by atoms with van der Waals surface area (Å²) >= 11 is 5.95. The van der Waals surface area contributed by atoms with Gasteiger partial charge in [-0.3, -0.25) is 4.79 Å². The molecule has 7 nitrogen and oxygen atoms in total. The predicted molar refractivity (Wildman–Crippen MR) is 102 cm³/mol. The monoisotopic (exact) mass is 382 g/mol. The van der Waals surface area contributed by atoms with Crippen LogP contribution >= 0.6 is 11.6 Å². The molecule has 2 aromatic carbocycles. The molecule has 1 aliphatic rings. The number of nitrogens with one attached hydrogen (secondary N) is 2. The molecular weight excluding hydrogens is 368 g/mol. The molecule has 0 saturated carbocycles. The van der Waals surface area contributed by atoms with Gasteiger partial charge in [-0.25, -0.2) is 9.97 Å². The molecule has 0 fully saturated rings. The first-order valence-corrected chi connectivity index (χ1v) is 8.52. The van der Waals surface area contributed by atoms with Crippen molar-refractivity contribution in [2.45, 2.75) is 6.92 Å². The first kappa shape index (κ1) is 17.1. The van der Waals surface area contributed by atoms with E-state index >= 15 is 0 Å². The fourth-order valence-electron chi connectivity index (χ4n) is 2.63. The Morgan fingerprint density at radius 3 is 2.78 bits per heavy atom. The molecule has 8 heteroatoms. The van der Waals surface area contributed by atoms with E-state index in [9.17, 15) is 4.79 Å². The van der Waals surface area contributed by atoms with Crippen LogP contribution in [0.25, 0.3) is 0 Å². The molecule has 0 radical (unpaired) electrons. The Morgan fingerprint density at radius 1 is 1.07 bits per heavy atom. The Morgan fingerprint density at radius 2 is 1.93 bits per heavy atom. The minimum Gasteiger partial charge on any atom is -0.454 e. The number of carbonyl (C=O) groups is 1. The summed E-state index contributed by atoms with van der Waals surface area (Å²) in [6.45, 7) is 2.08. The van der Waals surface area contributed by atoms with Gasteiger partial charge in [0.05, 0.1) is 0 Å². The molecule has 0 unspecified atom stereocenters. The third-order valence-electron chi connectivity index (χ3n) is 3.98. The molecule has 0 aliphatic carbocycles. The number of carbonyl (C=O) groups excluding carboxylic acids is 1. The second-order valence-corrected chi connectivity index (χ2v) is 6.33. The van der Waals surface area contributed by atoms with Crippen molar-refractivity contribution in [3.8, 4) is 11.5 Å². The van der Waals surface area contributed by atoms with Crippen molar-refractivity contribution in [2.75, 3.05) is 17.4 Å². The highest BCUT2D eigenvalue weighted by Gasteiger charge is 2.14. The van der Waals surface area contributed by atoms with E-state index in [0.29, 0.717) is 28.0 Å². The number of ether oxygens (including phenoxy) is 2. The van der Waals surface area contributed by atoms with Crippen molar-refractivity contribution < 1.29 is 14.3 Å². The smallest absolute Gasteiger partial charge is 0.274 e. The molecule has 0 saturated heterocycles. The van der Waals surface area contributed by atoms with Gasteiger partial charge in [-0.05, 0) is 42.8 Å². The number of hydrogen-bond acceptors (Lipinski definition) is 6. The lowest BCUT2D eigenvalue weighted by Gasteiger charge is -2.10. The third kappa shape index (κ3) is 3.78. The van der Waals surface area contributed by atoms with Gasteiger partial charge >= 0.3 is 0 Å². The van der Waals surface area contributed by atoms with E-state index < -0.39 is 0 Å². The maximum absolute atomic E-state index is 12.5. The molecule has 0 spiro atoms. The van der Waals surface area contributed by atoms with E-state index in [4.69, 9.17) is 21.1 Å². The van der Waals surface area contributed by atoms with Gasteiger partial charge in [-0.15, -0.1) is 0 Å². The number of amides is 1. The quantitative estimate of drug-likeness (QED) is 0.704. The number of nitrogens with zero attached hydrogens (tertiary/aromatic N) is 2. The van der Waals surface area contributed by atoms with E-state index in [0.717, 1.165) is 11.3 Å². The number of fused-ring (bicyclic) bond motifs is 1. The predicted octanol–water partition coefficient (Wildman–Crippen LogP) is 4.16. The minimum atomic E-state index is -0.337. The van der Waals surface area contributed by atoms with Crippen molar-refractivity contribution in [2.24, 2.45) is 0 Å². The van der Waals surface area contributed by atoms with Gasteiger partial charge < -0.3 is 20.1 Å². The van der Waals surface area contributed by atoms with Gasteiger partial charge in [-0.1, -0.05) is 11.6 Å². The molecule has 4 rings (SSSR count). The van der Waals surface area contributed by atoms with Gasteiger partial charge in [0.25, 0.3) is 5.91 Å². The van der Waals surface area contributed by atoms with Crippen LogP contribution in [0.3, 0.4) is 0 Å². The van der Waals surface area contributed by atoms with Gasteiger partial charge in [-0.2, -0.15) is 0 Å². The Balaban J connectivity index is 1.51. The highest BCUT2D eigenvalue weighted by Crippen LogP contribution is 2.34. The Kier molecular flexibility index (Phi) is 4.52. The van der Waals surface area contributed by atoms with Gasteiger partial charge in [0.15, 0.2) is 11.5 Å². The third-order valence-corrected chi connectivity index (χ3v) is 4.22. The number of anilines is 3. The van der Waals surface area contributed by atoms with Crippen LogP contribution in [0.5, 0.6) is 11.5 Å². The molecular formula is C19H15ClN4O3. The fourth-order valence-corrected chi connectivity index (χ4v) is 2.85. The molecule has 0 atom stereocenters. The number of benzene rings is 2. The molecule has 3 aromatic rings. The molecule has 136 valence electrons. The summed E-state index contributed by atoms with van der Waals surface area (Å²) in [5.74, 6) is 1.50. The maximum atomic E-state index is 12.5. The summed E-state index contributed by atoms with van der Waals surface area (Å²) in [7, 11) is 0. The lowest BCUT2D eigenvalue weighted by atomic mass is 10.2. The molecule has 1 aromatic heterocycles. The van der Waals surface area contributed by atoms with Crippen LogP contribution in [0.1, 0.15) is 16.1 Å². The molecule has 0 bridgehead atoms. The highest BCUT2D eigenvalue weighted by molar-refractivity contribution is 6.30. The summed E-state index contributed by atoms with van der Waals surface area (Å²) in [5, 5.41) is 6.57.